The number of nitrogens with zero attached hydrogens (tertiary/aromatic N) is 1. The van der Waals surface area contributed by atoms with Crippen molar-refractivity contribution < 1.29 is 9.59 Å². The molecule has 0 bridgehead atoms. The maximum absolute atomic E-state index is 12.6. The number of aryl methyl sites for hydroxylation is 2. The predicted molar refractivity (Wildman–Crippen MR) is 98.1 cm³/mol. The van der Waals surface area contributed by atoms with Gasteiger partial charge in [-0.1, -0.05) is 50.8 Å². The molecule has 1 aromatic carbocycles. The summed E-state index contributed by atoms with van der Waals surface area (Å²) in [5, 5.41) is 3.04. The van der Waals surface area contributed by atoms with Crippen LogP contribution < -0.4 is 5.32 Å². The molecule has 132 valence electrons. The number of para-hydroxylation sites is 1. The minimum atomic E-state index is -0.0987. The number of rotatable bonds is 5. The standard InChI is InChI=1S/C20H30N2O2/c1-4-17-11-9-10-15(2)20(17)21-19(24)14-22(16(3)23)18-12-7-5-6-8-13-18/h9-11,18H,4-8,12-14H2,1-3H3,(H,21,24). The summed E-state index contributed by atoms with van der Waals surface area (Å²) in [5.74, 6) is -0.101. The first-order chi connectivity index (χ1) is 11.5. The van der Waals surface area contributed by atoms with Gasteiger partial charge in [-0.25, -0.2) is 0 Å². The van der Waals surface area contributed by atoms with Gasteiger partial charge < -0.3 is 10.2 Å². The summed E-state index contributed by atoms with van der Waals surface area (Å²) in [6, 6.07) is 6.26. The second-order valence-electron chi connectivity index (χ2n) is 6.80. The predicted octanol–water partition coefficient (Wildman–Crippen LogP) is 4.07. The van der Waals surface area contributed by atoms with Gasteiger partial charge in [-0.2, -0.15) is 0 Å². The molecule has 0 unspecified atom stereocenters. The van der Waals surface area contributed by atoms with E-state index in [9.17, 15) is 9.59 Å². The molecular formula is C20H30N2O2. The number of hydrogen-bond donors (Lipinski definition) is 1. The largest absolute Gasteiger partial charge is 0.331 e. The van der Waals surface area contributed by atoms with Crippen LogP contribution in [0.25, 0.3) is 0 Å². The highest BCUT2D eigenvalue weighted by atomic mass is 16.2. The molecule has 4 nitrogen and oxygen atoms in total. The summed E-state index contributed by atoms with van der Waals surface area (Å²) in [5.41, 5.74) is 3.09. The third-order valence-corrected chi connectivity index (χ3v) is 4.99. The van der Waals surface area contributed by atoms with Crippen LogP contribution in [-0.4, -0.2) is 29.3 Å². The van der Waals surface area contributed by atoms with Crippen molar-refractivity contribution in [1.82, 2.24) is 4.90 Å². The summed E-state index contributed by atoms with van der Waals surface area (Å²) in [6.45, 7) is 5.81. The second-order valence-corrected chi connectivity index (χ2v) is 6.80. The molecule has 1 saturated carbocycles. The Bertz CT molecular complexity index is 575. The molecule has 4 heteroatoms. The summed E-state index contributed by atoms with van der Waals surface area (Å²) < 4.78 is 0. The third-order valence-electron chi connectivity index (χ3n) is 4.99. The lowest BCUT2D eigenvalue weighted by atomic mass is 10.1. The van der Waals surface area contributed by atoms with Crippen LogP contribution in [0.4, 0.5) is 5.69 Å². The van der Waals surface area contributed by atoms with Crippen molar-refractivity contribution in [1.29, 1.82) is 0 Å². The molecule has 24 heavy (non-hydrogen) atoms. The van der Waals surface area contributed by atoms with Gasteiger partial charge in [0.1, 0.15) is 6.54 Å². The molecular weight excluding hydrogens is 300 g/mol. The molecule has 0 radical (unpaired) electrons. The Morgan fingerprint density at radius 1 is 1.17 bits per heavy atom. The molecule has 0 heterocycles. The fourth-order valence-corrected chi connectivity index (χ4v) is 3.60. The van der Waals surface area contributed by atoms with Crippen molar-refractivity contribution in [2.24, 2.45) is 0 Å². The van der Waals surface area contributed by atoms with Crippen LogP contribution in [0.1, 0.15) is 63.5 Å². The van der Waals surface area contributed by atoms with Crippen molar-refractivity contribution in [2.45, 2.75) is 71.8 Å². The van der Waals surface area contributed by atoms with Crippen LogP contribution in [0.3, 0.4) is 0 Å². The zero-order chi connectivity index (χ0) is 17.5. The van der Waals surface area contributed by atoms with E-state index >= 15 is 0 Å². The van der Waals surface area contributed by atoms with Crippen molar-refractivity contribution in [2.75, 3.05) is 11.9 Å². The van der Waals surface area contributed by atoms with E-state index < -0.39 is 0 Å². The third kappa shape index (κ3) is 4.83. The highest BCUT2D eigenvalue weighted by Gasteiger charge is 2.24. The molecule has 1 N–H and O–H groups in total. The maximum atomic E-state index is 12.6. The molecule has 0 aliphatic heterocycles. The molecule has 1 aliphatic carbocycles. The fourth-order valence-electron chi connectivity index (χ4n) is 3.60. The highest BCUT2D eigenvalue weighted by molar-refractivity contribution is 5.95. The molecule has 1 aliphatic rings. The van der Waals surface area contributed by atoms with E-state index in [4.69, 9.17) is 0 Å². The van der Waals surface area contributed by atoms with Crippen molar-refractivity contribution in [3.8, 4) is 0 Å². The molecule has 0 atom stereocenters. The van der Waals surface area contributed by atoms with Crippen LogP contribution in [0.5, 0.6) is 0 Å². The van der Waals surface area contributed by atoms with E-state index in [2.05, 4.69) is 12.2 Å². The number of amides is 2. The average Bonchev–Trinajstić information content (AvgIpc) is 2.83. The lowest BCUT2D eigenvalue weighted by Gasteiger charge is -2.30. The fraction of sp³-hybridized carbons (Fsp3) is 0.600. The Hall–Kier alpha value is -1.84. The van der Waals surface area contributed by atoms with E-state index in [1.807, 2.05) is 25.1 Å². The van der Waals surface area contributed by atoms with E-state index in [1.54, 1.807) is 11.8 Å². The molecule has 1 fully saturated rings. The quantitative estimate of drug-likeness (QED) is 0.828. The molecule has 2 amide bonds. The zero-order valence-corrected chi connectivity index (χ0v) is 15.2. The normalized spacial score (nSPS) is 15.6. The Balaban J connectivity index is 2.07. The monoisotopic (exact) mass is 330 g/mol. The lowest BCUT2D eigenvalue weighted by molar-refractivity contribution is -0.135. The first-order valence-electron chi connectivity index (χ1n) is 9.18. The summed E-state index contributed by atoms with van der Waals surface area (Å²) in [6.07, 6.45) is 7.65. The van der Waals surface area contributed by atoms with Crippen molar-refractivity contribution >= 4 is 17.5 Å². The topological polar surface area (TPSA) is 49.4 Å². The number of carbonyl (C=O) groups is 2. The van der Waals surface area contributed by atoms with Gasteiger partial charge in [-0.3, -0.25) is 9.59 Å². The SMILES string of the molecule is CCc1cccc(C)c1NC(=O)CN(C(C)=O)C1CCCCCC1. The van der Waals surface area contributed by atoms with Gasteiger partial charge in [0, 0.05) is 18.7 Å². The van der Waals surface area contributed by atoms with Gasteiger partial charge in [-0.05, 0) is 37.3 Å². The number of anilines is 1. The number of benzene rings is 1. The van der Waals surface area contributed by atoms with Crippen LogP contribution in [0.15, 0.2) is 18.2 Å². The van der Waals surface area contributed by atoms with Gasteiger partial charge in [-0.15, -0.1) is 0 Å². The Morgan fingerprint density at radius 3 is 2.42 bits per heavy atom. The Morgan fingerprint density at radius 2 is 1.83 bits per heavy atom. The minimum Gasteiger partial charge on any atom is -0.331 e. The van der Waals surface area contributed by atoms with Gasteiger partial charge in [0.05, 0.1) is 0 Å². The van der Waals surface area contributed by atoms with Crippen molar-refractivity contribution in [3.05, 3.63) is 29.3 Å². The highest BCUT2D eigenvalue weighted by Crippen LogP contribution is 2.23. The van der Waals surface area contributed by atoms with Crippen LogP contribution in [0.2, 0.25) is 0 Å². The summed E-state index contributed by atoms with van der Waals surface area (Å²) in [7, 11) is 0. The van der Waals surface area contributed by atoms with Crippen LogP contribution >= 0.6 is 0 Å². The lowest BCUT2D eigenvalue weighted by Crippen LogP contribution is -2.43. The maximum Gasteiger partial charge on any atom is 0.244 e. The summed E-state index contributed by atoms with van der Waals surface area (Å²) >= 11 is 0. The smallest absolute Gasteiger partial charge is 0.244 e. The molecule has 0 saturated heterocycles. The van der Waals surface area contributed by atoms with E-state index in [0.29, 0.717) is 0 Å². The Labute approximate surface area is 145 Å². The average molecular weight is 330 g/mol. The first-order valence-corrected chi connectivity index (χ1v) is 9.18. The van der Waals surface area contributed by atoms with Crippen LogP contribution in [0, 0.1) is 6.92 Å². The Kier molecular flexibility index (Phi) is 6.83. The number of carbonyl (C=O) groups excluding carboxylic acids is 2. The van der Waals surface area contributed by atoms with Gasteiger partial charge in [0.25, 0.3) is 0 Å². The number of hydrogen-bond acceptors (Lipinski definition) is 2. The zero-order valence-electron chi connectivity index (χ0n) is 15.2. The first kappa shape index (κ1) is 18.5. The molecule has 2 rings (SSSR count). The summed E-state index contributed by atoms with van der Waals surface area (Å²) in [4.78, 5) is 26.4. The van der Waals surface area contributed by atoms with E-state index in [-0.39, 0.29) is 24.4 Å². The molecule has 1 aromatic rings. The number of nitrogens with one attached hydrogen (secondary N) is 1. The van der Waals surface area contributed by atoms with E-state index in [0.717, 1.165) is 48.9 Å². The van der Waals surface area contributed by atoms with Crippen molar-refractivity contribution in [3.63, 3.8) is 0 Å². The van der Waals surface area contributed by atoms with Gasteiger partial charge in [0.15, 0.2) is 0 Å². The minimum absolute atomic E-state index is 0.00227. The van der Waals surface area contributed by atoms with Gasteiger partial charge >= 0.3 is 0 Å². The second kappa shape index (κ2) is 8.86. The molecule has 0 aromatic heterocycles. The van der Waals surface area contributed by atoms with Crippen LogP contribution in [-0.2, 0) is 16.0 Å². The van der Waals surface area contributed by atoms with Gasteiger partial charge in [0.2, 0.25) is 11.8 Å². The molecule has 0 spiro atoms. The van der Waals surface area contributed by atoms with E-state index in [1.165, 1.54) is 12.8 Å².